The van der Waals surface area contributed by atoms with Crippen LogP contribution in [0.15, 0.2) is 84.9 Å². The number of nitrogens with two attached hydrogens (primary N) is 1. The minimum Gasteiger partial charge on any atom is -0.384 e. The maximum Gasteiger partial charge on any atom is 0.254 e. The monoisotopic (exact) mass is 455 g/mol. The van der Waals surface area contributed by atoms with Gasteiger partial charge >= 0.3 is 0 Å². The molecule has 1 amide bonds. The Labute approximate surface area is 197 Å². The molecular formula is C26H22ClN5O. The van der Waals surface area contributed by atoms with Crippen LogP contribution in [-0.4, -0.2) is 27.1 Å². The average molecular weight is 456 g/mol. The van der Waals surface area contributed by atoms with Gasteiger partial charge in [-0.15, -0.1) is 0 Å². The number of aromatic nitrogens is 2. The van der Waals surface area contributed by atoms with Crippen molar-refractivity contribution in [3.63, 3.8) is 0 Å². The summed E-state index contributed by atoms with van der Waals surface area (Å²) >= 11 is 6.09. The average Bonchev–Trinajstić information content (AvgIpc) is 3.23. The normalized spacial score (nSPS) is 10.5. The highest BCUT2D eigenvalue weighted by Gasteiger charge is 2.17. The lowest BCUT2D eigenvalue weighted by atomic mass is 10.1. The molecule has 0 radical (unpaired) electrons. The Balaban J connectivity index is 1.56. The van der Waals surface area contributed by atoms with E-state index in [1.165, 1.54) is 0 Å². The fraction of sp³-hybridized carbons (Fsp3) is 0.115. The summed E-state index contributed by atoms with van der Waals surface area (Å²) in [6.07, 6.45) is 0.271. The lowest BCUT2D eigenvalue weighted by Crippen LogP contribution is -2.31. The summed E-state index contributed by atoms with van der Waals surface area (Å²) in [5, 5.41) is 14.2. The Kier molecular flexibility index (Phi) is 6.72. The van der Waals surface area contributed by atoms with Crippen LogP contribution in [0.2, 0.25) is 5.02 Å². The van der Waals surface area contributed by atoms with Crippen molar-refractivity contribution in [2.24, 2.45) is 0 Å². The van der Waals surface area contributed by atoms with Crippen LogP contribution in [0, 0.1) is 11.3 Å². The van der Waals surface area contributed by atoms with Crippen molar-refractivity contribution in [2.45, 2.75) is 13.0 Å². The molecule has 0 aliphatic heterocycles. The number of hydrogen-bond donors (Lipinski definition) is 1. The Morgan fingerprint density at radius 2 is 1.79 bits per heavy atom. The van der Waals surface area contributed by atoms with E-state index in [9.17, 15) is 4.79 Å². The van der Waals surface area contributed by atoms with E-state index in [-0.39, 0.29) is 12.3 Å². The molecule has 3 aromatic carbocycles. The SMILES string of the molecule is N#CCCN(Cc1ccccc1)C(=O)c1ccc(-n2nc(-c3cccc(Cl)c3)cc2N)cc1. The zero-order valence-electron chi connectivity index (χ0n) is 17.9. The second-order valence-corrected chi connectivity index (χ2v) is 7.98. The first-order chi connectivity index (χ1) is 16.0. The molecule has 7 heteroatoms. The van der Waals surface area contributed by atoms with Crippen LogP contribution in [0.1, 0.15) is 22.3 Å². The summed E-state index contributed by atoms with van der Waals surface area (Å²) in [6, 6.07) is 28.2. The van der Waals surface area contributed by atoms with Crippen molar-refractivity contribution in [2.75, 3.05) is 12.3 Å². The molecule has 2 N–H and O–H groups in total. The van der Waals surface area contributed by atoms with Gasteiger partial charge in [-0.1, -0.05) is 54.1 Å². The first-order valence-electron chi connectivity index (χ1n) is 10.5. The van der Waals surface area contributed by atoms with Crippen LogP contribution >= 0.6 is 11.6 Å². The van der Waals surface area contributed by atoms with E-state index in [0.717, 1.165) is 16.8 Å². The molecule has 0 spiro atoms. The highest BCUT2D eigenvalue weighted by Crippen LogP contribution is 2.25. The fourth-order valence-corrected chi connectivity index (χ4v) is 3.75. The van der Waals surface area contributed by atoms with Gasteiger partial charge in [0.25, 0.3) is 5.91 Å². The molecule has 0 aliphatic carbocycles. The van der Waals surface area contributed by atoms with Crippen molar-refractivity contribution < 1.29 is 4.79 Å². The molecule has 4 rings (SSSR count). The van der Waals surface area contributed by atoms with Crippen LogP contribution in [0.25, 0.3) is 16.9 Å². The molecule has 0 saturated carbocycles. The number of halogens is 1. The molecule has 0 atom stereocenters. The number of benzene rings is 3. The van der Waals surface area contributed by atoms with E-state index < -0.39 is 0 Å². The molecule has 0 saturated heterocycles. The number of amides is 1. The third kappa shape index (κ3) is 5.22. The van der Waals surface area contributed by atoms with Crippen molar-refractivity contribution in [3.8, 4) is 23.0 Å². The number of rotatable bonds is 7. The molecule has 0 bridgehead atoms. The summed E-state index contributed by atoms with van der Waals surface area (Å²) < 4.78 is 1.63. The molecule has 0 unspecified atom stereocenters. The summed E-state index contributed by atoms with van der Waals surface area (Å²) in [4.78, 5) is 14.8. The van der Waals surface area contributed by atoms with Crippen molar-refractivity contribution >= 4 is 23.3 Å². The first kappa shape index (κ1) is 22.1. The molecule has 4 aromatic rings. The van der Waals surface area contributed by atoms with Gasteiger partial charge in [0.2, 0.25) is 0 Å². The van der Waals surface area contributed by atoms with Crippen molar-refractivity contribution in [1.29, 1.82) is 5.26 Å². The van der Waals surface area contributed by atoms with Crippen molar-refractivity contribution in [1.82, 2.24) is 14.7 Å². The van der Waals surface area contributed by atoms with Gasteiger partial charge in [-0.2, -0.15) is 10.4 Å². The predicted molar refractivity (Wildman–Crippen MR) is 130 cm³/mol. The van der Waals surface area contributed by atoms with Crippen LogP contribution in [-0.2, 0) is 6.54 Å². The summed E-state index contributed by atoms with van der Waals surface area (Å²) in [5.74, 6) is 0.345. The quantitative estimate of drug-likeness (QED) is 0.408. The van der Waals surface area contributed by atoms with Gasteiger partial charge in [0, 0.05) is 35.3 Å². The van der Waals surface area contributed by atoms with E-state index in [4.69, 9.17) is 22.6 Å². The Bertz CT molecular complexity index is 1290. The van der Waals surface area contributed by atoms with Gasteiger partial charge in [0.05, 0.1) is 23.9 Å². The second kappa shape index (κ2) is 10.0. The number of nitriles is 1. The zero-order chi connectivity index (χ0) is 23.2. The van der Waals surface area contributed by atoms with E-state index in [0.29, 0.717) is 35.2 Å². The van der Waals surface area contributed by atoms with Crippen LogP contribution < -0.4 is 5.73 Å². The predicted octanol–water partition coefficient (Wildman–Crippen LogP) is 5.33. The number of nitrogen functional groups attached to an aromatic ring is 1. The van der Waals surface area contributed by atoms with Gasteiger partial charge in [0.1, 0.15) is 5.82 Å². The third-order valence-electron chi connectivity index (χ3n) is 5.21. The van der Waals surface area contributed by atoms with E-state index in [1.54, 1.807) is 33.8 Å². The zero-order valence-corrected chi connectivity index (χ0v) is 18.6. The maximum absolute atomic E-state index is 13.1. The summed E-state index contributed by atoms with van der Waals surface area (Å²) in [7, 11) is 0. The van der Waals surface area contributed by atoms with Gasteiger partial charge in [-0.3, -0.25) is 4.79 Å². The number of nitrogens with zero attached hydrogens (tertiary/aromatic N) is 4. The van der Waals surface area contributed by atoms with E-state index in [2.05, 4.69) is 11.2 Å². The first-order valence-corrected chi connectivity index (χ1v) is 10.8. The summed E-state index contributed by atoms with van der Waals surface area (Å²) in [6.45, 7) is 0.805. The number of anilines is 1. The molecule has 33 heavy (non-hydrogen) atoms. The number of carbonyl (C=O) groups is 1. The van der Waals surface area contributed by atoms with E-state index >= 15 is 0 Å². The Morgan fingerprint density at radius 3 is 2.48 bits per heavy atom. The highest BCUT2D eigenvalue weighted by atomic mass is 35.5. The molecule has 0 aliphatic rings. The molecular weight excluding hydrogens is 434 g/mol. The molecule has 1 heterocycles. The highest BCUT2D eigenvalue weighted by molar-refractivity contribution is 6.30. The number of carbonyl (C=O) groups excluding carboxylic acids is 1. The van der Waals surface area contributed by atoms with E-state index in [1.807, 2.05) is 60.7 Å². The molecule has 1 aromatic heterocycles. The minimum atomic E-state index is -0.131. The smallest absolute Gasteiger partial charge is 0.254 e. The molecule has 0 fully saturated rings. The van der Waals surface area contributed by atoms with Crippen molar-refractivity contribution in [3.05, 3.63) is 101 Å². The van der Waals surface area contributed by atoms with Gasteiger partial charge in [0.15, 0.2) is 0 Å². The second-order valence-electron chi connectivity index (χ2n) is 7.54. The van der Waals surface area contributed by atoms with Crippen LogP contribution in [0.4, 0.5) is 5.82 Å². The number of hydrogen-bond acceptors (Lipinski definition) is 4. The van der Waals surface area contributed by atoms with Crippen LogP contribution in [0.5, 0.6) is 0 Å². The molecule has 164 valence electrons. The lowest BCUT2D eigenvalue weighted by Gasteiger charge is -2.22. The fourth-order valence-electron chi connectivity index (χ4n) is 3.56. The van der Waals surface area contributed by atoms with Gasteiger partial charge in [-0.05, 0) is 42.0 Å². The van der Waals surface area contributed by atoms with Gasteiger partial charge in [-0.25, -0.2) is 4.68 Å². The topological polar surface area (TPSA) is 87.9 Å². The van der Waals surface area contributed by atoms with Gasteiger partial charge < -0.3 is 10.6 Å². The third-order valence-corrected chi connectivity index (χ3v) is 5.45. The minimum absolute atomic E-state index is 0.131. The maximum atomic E-state index is 13.1. The largest absolute Gasteiger partial charge is 0.384 e. The standard InChI is InChI=1S/C26H22ClN5O/c27-22-9-4-8-21(16-22)24-17-25(29)32(30-24)23-12-10-20(11-13-23)26(33)31(15-5-14-28)18-19-6-2-1-3-7-19/h1-4,6-13,16-17H,5,15,18,29H2. The van der Waals surface area contributed by atoms with Crippen LogP contribution in [0.3, 0.4) is 0 Å². The Morgan fingerprint density at radius 1 is 1.03 bits per heavy atom. The summed E-state index contributed by atoms with van der Waals surface area (Å²) in [5.41, 5.74) is 10.1. The lowest BCUT2D eigenvalue weighted by molar-refractivity contribution is 0.0747. The molecule has 6 nitrogen and oxygen atoms in total. The Hall–Kier alpha value is -4.08.